The number of para-hydroxylation sites is 1. The molecule has 4 rings (SSSR count). The van der Waals surface area contributed by atoms with Crippen LogP contribution in [0.3, 0.4) is 0 Å². The van der Waals surface area contributed by atoms with E-state index in [0.29, 0.717) is 17.9 Å². The molecule has 0 saturated carbocycles. The number of hydrogen-bond donors (Lipinski definition) is 1. The van der Waals surface area contributed by atoms with Gasteiger partial charge >= 0.3 is 5.76 Å². The van der Waals surface area contributed by atoms with Crippen LogP contribution in [0.5, 0.6) is 0 Å². The first kappa shape index (κ1) is 18.5. The van der Waals surface area contributed by atoms with E-state index < -0.39 is 5.76 Å². The van der Waals surface area contributed by atoms with Gasteiger partial charge in [0, 0.05) is 50.4 Å². The van der Waals surface area contributed by atoms with E-state index in [1.807, 2.05) is 0 Å². The standard InChI is InChI=1S/C22H24FN3O2/c1-16-4-2-3-5-19(16)26-14-12-25(13-15-26)11-10-20-21(24-22(27)28-20)17-6-8-18(23)9-7-17/h2-9H,10-15H2,1H3,(H,24,27). The van der Waals surface area contributed by atoms with Crippen molar-refractivity contribution in [3.05, 3.63) is 76.2 Å². The molecule has 0 bridgehead atoms. The minimum absolute atomic E-state index is 0.303. The predicted octanol–water partition coefficient (Wildman–Crippen LogP) is 3.45. The monoisotopic (exact) mass is 381 g/mol. The second kappa shape index (κ2) is 8.02. The van der Waals surface area contributed by atoms with E-state index in [0.717, 1.165) is 38.3 Å². The molecule has 2 aromatic carbocycles. The van der Waals surface area contributed by atoms with Crippen LogP contribution in [0.25, 0.3) is 11.3 Å². The summed E-state index contributed by atoms with van der Waals surface area (Å²) in [6.07, 6.45) is 0.635. The van der Waals surface area contributed by atoms with E-state index in [-0.39, 0.29) is 5.82 Å². The molecular formula is C22H24FN3O2. The second-order valence-electron chi connectivity index (χ2n) is 7.18. The number of benzene rings is 2. The fourth-order valence-electron chi connectivity index (χ4n) is 3.78. The molecule has 1 aromatic heterocycles. The zero-order valence-electron chi connectivity index (χ0n) is 16.0. The fourth-order valence-corrected chi connectivity index (χ4v) is 3.78. The van der Waals surface area contributed by atoms with Gasteiger partial charge in [0.25, 0.3) is 0 Å². The van der Waals surface area contributed by atoms with Crippen molar-refractivity contribution in [3.63, 3.8) is 0 Å². The molecule has 3 aromatic rings. The van der Waals surface area contributed by atoms with Crippen molar-refractivity contribution in [1.82, 2.24) is 9.88 Å². The molecule has 0 amide bonds. The molecule has 0 atom stereocenters. The third-order valence-electron chi connectivity index (χ3n) is 5.34. The van der Waals surface area contributed by atoms with E-state index in [1.165, 1.54) is 23.4 Å². The minimum atomic E-state index is -0.473. The molecule has 5 nitrogen and oxygen atoms in total. The lowest BCUT2D eigenvalue weighted by molar-refractivity contribution is 0.254. The normalized spacial score (nSPS) is 15.1. The average Bonchev–Trinajstić information content (AvgIpc) is 3.08. The highest BCUT2D eigenvalue weighted by atomic mass is 19.1. The molecular weight excluding hydrogens is 357 g/mol. The quantitative estimate of drug-likeness (QED) is 0.736. The number of anilines is 1. The SMILES string of the molecule is Cc1ccccc1N1CCN(CCc2oc(=O)[nH]c2-c2ccc(F)cc2)CC1. The van der Waals surface area contributed by atoms with E-state index in [9.17, 15) is 9.18 Å². The second-order valence-corrected chi connectivity index (χ2v) is 7.18. The van der Waals surface area contributed by atoms with Gasteiger partial charge in [-0.3, -0.25) is 9.88 Å². The first-order valence-corrected chi connectivity index (χ1v) is 9.61. The predicted molar refractivity (Wildman–Crippen MR) is 108 cm³/mol. The van der Waals surface area contributed by atoms with Crippen molar-refractivity contribution >= 4 is 5.69 Å². The molecule has 1 fully saturated rings. The van der Waals surface area contributed by atoms with Crippen molar-refractivity contribution in [1.29, 1.82) is 0 Å². The number of oxazole rings is 1. The van der Waals surface area contributed by atoms with Gasteiger partial charge in [0.15, 0.2) is 0 Å². The number of halogens is 1. The molecule has 2 heterocycles. The number of rotatable bonds is 5. The molecule has 1 aliphatic heterocycles. The topological polar surface area (TPSA) is 52.5 Å². The third kappa shape index (κ3) is 4.02. The van der Waals surface area contributed by atoms with Gasteiger partial charge in [-0.1, -0.05) is 18.2 Å². The van der Waals surface area contributed by atoms with E-state index in [4.69, 9.17) is 4.42 Å². The summed E-state index contributed by atoms with van der Waals surface area (Å²) in [7, 11) is 0. The van der Waals surface area contributed by atoms with Crippen molar-refractivity contribution in [3.8, 4) is 11.3 Å². The Labute approximate surface area is 163 Å². The van der Waals surface area contributed by atoms with Crippen molar-refractivity contribution in [2.75, 3.05) is 37.6 Å². The van der Waals surface area contributed by atoms with Crippen LogP contribution >= 0.6 is 0 Å². The number of aryl methyl sites for hydroxylation is 1. The highest BCUT2D eigenvalue weighted by Gasteiger charge is 2.19. The molecule has 146 valence electrons. The summed E-state index contributed by atoms with van der Waals surface area (Å²) < 4.78 is 18.5. The zero-order valence-corrected chi connectivity index (χ0v) is 16.0. The third-order valence-corrected chi connectivity index (χ3v) is 5.34. The smallest absolute Gasteiger partial charge is 0.412 e. The number of aromatic nitrogens is 1. The summed E-state index contributed by atoms with van der Waals surface area (Å²) >= 11 is 0. The van der Waals surface area contributed by atoms with Crippen molar-refractivity contribution in [2.24, 2.45) is 0 Å². The number of H-pyrrole nitrogens is 1. The maximum absolute atomic E-state index is 13.2. The lowest BCUT2D eigenvalue weighted by Crippen LogP contribution is -2.47. The summed E-state index contributed by atoms with van der Waals surface area (Å²) in [5.74, 6) is -0.153. The van der Waals surface area contributed by atoms with Crippen LogP contribution in [-0.2, 0) is 6.42 Å². The van der Waals surface area contributed by atoms with Gasteiger partial charge in [0.05, 0.1) is 5.69 Å². The Hall–Kier alpha value is -2.86. The summed E-state index contributed by atoms with van der Waals surface area (Å²) in [6.45, 7) is 6.85. The van der Waals surface area contributed by atoms with Crippen molar-refractivity contribution in [2.45, 2.75) is 13.3 Å². The fraction of sp³-hybridized carbons (Fsp3) is 0.318. The van der Waals surface area contributed by atoms with Gasteiger partial charge in [-0.2, -0.15) is 0 Å². The van der Waals surface area contributed by atoms with E-state index >= 15 is 0 Å². The van der Waals surface area contributed by atoms with E-state index in [1.54, 1.807) is 12.1 Å². The largest absolute Gasteiger partial charge is 0.416 e. The Morgan fingerprint density at radius 1 is 1.04 bits per heavy atom. The molecule has 1 N–H and O–H groups in total. The van der Waals surface area contributed by atoms with Gasteiger partial charge in [0.1, 0.15) is 11.6 Å². The number of nitrogens with zero attached hydrogens (tertiary/aromatic N) is 2. The molecule has 6 heteroatoms. The number of hydrogen-bond acceptors (Lipinski definition) is 4. The lowest BCUT2D eigenvalue weighted by Gasteiger charge is -2.36. The molecule has 0 radical (unpaired) electrons. The molecule has 1 aliphatic rings. The lowest BCUT2D eigenvalue weighted by atomic mass is 10.1. The maximum atomic E-state index is 13.2. The Bertz CT molecular complexity index is 986. The summed E-state index contributed by atoms with van der Waals surface area (Å²) in [6, 6.07) is 14.5. The maximum Gasteiger partial charge on any atom is 0.416 e. The highest BCUT2D eigenvalue weighted by Crippen LogP contribution is 2.23. The van der Waals surface area contributed by atoms with Gasteiger partial charge < -0.3 is 9.32 Å². The summed E-state index contributed by atoms with van der Waals surface area (Å²) in [4.78, 5) is 19.3. The first-order chi connectivity index (χ1) is 13.6. The Balaban J connectivity index is 1.38. The van der Waals surface area contributed by atoms with Crippen LogP contribution in [0, 0.1) is 12.7 Å². The zero-order chi connectivity index (χ0) is 19.5. The average molecular weight is 381 g/mol. The van der Waals surface area contributed by atoms with Crippen molar-refractivity contribution < 1.29 is 8.81 Å². The molecule has 0 aliphatic carbocycles. The van der Waals surface area contributed by atoms with Crippen LogP contribution in [0.15, 0.2) is 57.7 Å². The van der Waals surface area contributed by atoms with Crippen LogP contribution in [0.1, 0.15) is 11.3 Å². The molecule has 0 unspecified atom stereocenters. The van der Waals surface area contributed by atoms with Gasteiger partial charge in [0.2, 0.25) is 0 Å². The van der Waals surface area contributed by atoms with Crippen LogP contribution in [0.4, 0.5) is 10.1 Å². The Morgan fingerprint density at radius 3 is 2.46 bits per heavy atom. The van der Waals surface area contributed by atoms with Crippen LogP contribution in [0.2, 0.25) is 0 Å². The van der Waals surface area contributed by atoms with Gasteiger partial charge in [-0.05, 0) is 42.8 Å². The van der Waals surface area contributed by atoms with Crippen LogP contribution < -0.4 is 10.7 Å². The summed E-state index contributed by atoms with van der Waals surface area (Å²) in [5, 5.41) is 0. The molecule has 1 saturated heterocycles. The van der Waals surface area contributed by atoms with Gasteiger partial charge in [-0.15, -0.1) is 0 Å². The number of nitrogens with one attached hydrogen (secondary N) is 1. The Kier molecular flexibility index (Phi) is 5.30. The number of piperazine rings is 1. The highest BCUT2D eigenvalue weighted by molar-refractivity contribution is 5.60. The number of aromatic amines is 1. The summed E-state index contributed by atoms with van der Waals surface area (Å²) in [5.41, 5.74) is 4.00. The molecule has 0 spiro atoms. The Morgan fingerprint density at radius 2 is 1.75 bits per heavy atom. The van der Waals surface area contributed by atoms with Crippen LogP contribution in [-0.4, -0.2) is 42.6 Å². The van der Waals surface area contributed by atoms with Gasteiger partial charge in [-0.25, -0.2) is 9.18 Å². The van der Waals surface area contributed by atoms with E-state index in [2.05, 4.69) is 46.0 Å². The minimum Gasteiger partial charge on any atom is -0.412 e. The first-order valence-electron chi connectivity index (χ1n) is 9.61. The molecule has 28 heavy (non-hydrogen) atoms.